The number of nitrogens with two attached hydrogens (primary N) is 1. The summed E-state index contributed by atoms with van der Waals surface area (Å²) in [5, 5.41) is 6.95. The molecule has 3 aliphatic rings. The summed E-state index contributed by atoms with van der Waals surface area (Å²) in [6.07, 6.45) is 4.84. The summed E-state index contributed by atoms with van der Waals surface area (Å²) in [5.41, 5.74) is 9.12. The van der Waals surface area contributed by atoms with Crippen LogP contribution in [0.5, 0.6) is 0 Å². The molecule has 10 heteroatoms. The van der Waals surface area contributed by atoms with E-state index in [1.165, 1.54) is 5.69 Å². The molecule has 3 fully saturated rings. The molecule has 1 unspecified atom stereocenters. The van der Waals surface area contributed by atoms with Crippen LogP contribution in [0, 0.1) is 5.41 Å². The van der Waals surface area contributed by atoms with Crippen LogP contribution in [0.2, 0.25) is 0 Å². The first-order valence-electron chi connectivity index (χ1n) is 13.3. The number of carbonyl (C=O) groups excluding carboxylic acids is 1. The molecule has 1 atom stereocenters. The largest absolute Gasteiger partial charge is 0.381 e. The minimum absolute atomic E-state index is 0.0764. The predicted molar refractivity (Wildman–Crippen MR) is 148 cm³/mol. The second kappa shape index (κ2) is 10.2. The molecule has 1 spiro atoms. The van der Waals surface area contributed by atoms with Crippen molar-refractivity contribution in [2.75, 3.05) is 62.0 Å². The summed E-state index contributed by atoms with van der Waals surface area (Å²) in [6, 6.07) is 14.0. The third-order valence-electron chi connectivity index (χ3n) is 7.92. The second-order valence-electron chi connectivity index (χ2n) is 10.6. The van der Waals surface area contributed by atoms with E-state index in [-0.39, 0.29) is 17.2 Å². The van der Waals surface area contributed by atoms with Gasteiger partial charge in [0, 0.05) is 61.8 Å². The maximum absolute atomic E-state index is 12.5. The molecule has 1 amide bonds. The topological polar surface area (TPSA) is 122 Å². The van der Waals surface area contributed by atoms with Gasteiger partial charge in [0.2, 0.25) is 0 Å². The van der Waals surface area contributed by atoms with E-state index >= 15 is 0 Å². The zero-order valence-corrected chi connectivity index (χ0v) is 21.7. The fourth-order valence-electron chi connectivity index (χ4n) is 5.36. The van der Waals surface area contributed by atoms with Crippen molar-refractivity contribution in [3.63, 3.8) is 0 Å². The lowest BCUT2D eigenvalue weighted by Gasteiger charge is -2.34. The molecule has 1 aliphatic carbocycles. The minimum atomic E-state index is -0.650. The molecule has 2 aromatic heterocycles. The number of hydrogen-bond donors (Lipinski definition) is 3. The van der Waals surface area contributed by atoms with E-state index in [9.17, 15) is 4.79 Å². The Kier molecular flexibility index (Phi) is 6.59. The molecule has 10 nitrogen and oxygen atoms in total. The standard InChI is InChI=1S/C28H34N8O2/c1-35-13-15-36(16-14-35)20-7-5-19(6-8-20)31-27-24(25(29)37)33-23(21-4-2-3-12-30-21)26(34-27)32-22-9-17-38-18-28(22)10-11-28/h2-8,12,22H,9-11,13-18H2,1H3,(H2,29,37)(H2,31,32,34). The number of pyridine rings is 1. The maximum atomic E-state index is 12.5. The molecule has 4 heterocycles. The quantitative estimate of drug-likeness (QED) is 0.437. The second-order valence-corrected chi connectivity index (χ2v) is 10.6. The Labute approximate surface area is 222 Å². The number of likely N-dealkylation sites (N-methyl/N-ethyl adjacent to an activating group) is 1. The molecule has 3 aromatic rings. The highest BCUT2D eigenvalue weighted by atomic mass is 16.5. The van der Waals surface area contributed by atoms with Crippen LogP contribution in [0.4, 0.5) is 23.0 Å². The van der Waals surface area contributed by atoms with Crippen molar-refractivity contribution in [1.82, 2.24) is 19.9 Å². The van der Waals surface area contributed by atoms with Gasteiger partial charge in [-0.3, -0.25) is 9.78 Å². The number of carbonyl (C=O) groups is 1. The van der Waals surface area contributed by atoms with Crippen LogP contribution >= 0.6 is 0 Å². The average Bonchev–Trinajstić information content (AvgIpc) is 3.71. The number of hydrogen-bond acceptors (Lipinski definition) is 9. The number of ether oxygens (including phenoxy) is 1. The van der Waals surface area contributed by atoms with Crippen molar-refractivity contribution in [3.8, 4) is 11.4 Å². The van der Waals surface area contributed by atoms with Crippen LogP contribution in [0.1, 0.15) is 29.8 Å². The molecule has 38 heavy (non-hydrogen) atoms. The van der Waals surface area contributed by atoms with E-state index in [4.69, 9.17) is 20.4 Å². The van der Waals surface area contributed by atoms with Crippen LogP contribution < -0.4 is 21.3 Å². The third-order valence-corrected chi connectivity index (χ3v) is 7.92. The zero-order chi connectivity index (χ0) is 26.1. The Morgan fingerprint density at radius 1 is 1.05 bits per heavy atom. The lowest BCUT2D eigenvalue weighted by molar-refractivity contribution is 0.0351. The molecular formula is C28H34N8O2. The Hall–Kier alpha value is -3.76. The van der Waals surface area contributed by atoms with Gasteiger partial charge in [0.25, 0.3) is 5.91 Å². The van der Waals surface area contributed by atoms with Crippen molar-refractivity contribution in [2.24, 2.45) is 11.1 Å². The Bertz CT molecular complexity index is 1290. The van der Waals surface area contributed by atoms with Crippen molar-refractivity contribution in [1.29, 1.82) is 0 Å². The van der Waals surface area contributed by atoms with Crippen LogP contribution in [-0.4, -0.2) is 78.2 Å². The van der Waals surface area contributed by atoms with Gasteiger partial charge < -0.3 is 30.9 Å². The fraction of sp³-hybridized carbons (Fsp3) is 0.429. The van der Waals surface area contributed by atoms with Crippen molar-refractivity contribution < 1.29 is 9.53 Å². The number of primary amides is 1. The first-order chi connectivity index (χ1) is 18.5. The molecular weight excluding hydrogens is 480 g/mol. The van der Waals surface area contributed by atoms with Gasteiger partial charge in [-0.15, -0.1) is 0 Å². The van der Waals surface area contributed by atoms with E-state index in [1.54, 1.807) is 6.20 Å². The number of aromatic nitrogens is 3. The Balaban J connectivity index is 1.32. The predicted octanol–water partition coefficient (Wildman–Crippen LogP) is 3.11. The summed E-state index contributed by atoms with van der Waals surface area (Å²) in [6.45, 7) is 5.54. The Morgan fingerprint density at radius 3 is 2.53 bits per heavy atom. The van der Waals surface area contributed by atoms with E-state index in [0.29, 0.717) is 29.6 Å². The minimum Gasteiger partial charge on any atom is -0.381 e. The van der Waals surface area contributed by atoms with Crippen LogP contribution in [-0.2, 0) is 4.74 Å². The molecule has 4 N–H and O–H groups in total. The van der Waals surface area contributed by atoms with Gasteiger partial charge in [0.05, 0.1) is 12.3 Å². The first kappa shape index (κ1) is 24.6. The lowest BCUT2D eigenvalue weighted by atomic mass is 9.92. The summed E-state index contributed by atoms with van der Waals surface area (Å²) in [4.78, 5) is 31.3. The fourth-order valence-corrected chi connectivity index (χ4v) is 5.36. The van der Waals surface area contributed by atoms with Crippen molar-refractivity contribution in [3.05, 3.63) is 54.4 Å². The van der Waals surface area contributed by atoms with E-state index in [2.05, 4.69) is 44.6 Å². The van der Waals surface area contributed by atoms with Crippen molar-refractivity contribution in [2.45, 2.75) is 25.3 Å². The number of nitrogens with zero attached hydrogens (tertiary/aromatic N) is 5. The van der Waals surface area contributed by atoms with E-state index in [1.807, 2.05) is 30.3 Å². The third kappa shape index (κ3) is 5.01. The molecule has 6 rings (SSSR count). The lowest BCUT2D eigenvalue weighted by Crippen LogP contribution is -2.44. The van der Waals surface area contributed by atoms with Gasteiger partial charge in [0.1, 0.15) is 5.69 Å². The number of rotatable bonds is 7. The molecule has 2 saturated heterocycles. The number of amides is 1. The Morgan fingerprint density at radius 2 is 1.84 bits per heavy atom. The highest BCUT2D eigenvalue weighted by molar-refractivity contribution is 5.97. The highest BCUT2D eigenvalue weighted by Gasteiger charge is 2.51. The molecule has 1 aromatic carbocycles. The number of benzene rings is 1. The van der Waals surface area contributed by atoms with E-state index in [0.717, 1.165) is 57.7 Å². The van der Waals surface area contributed by atoms with Gasteiger partial charge in [-0.05, 0) is 62.7 Å². The van der Waals surface area contributed by atoms with E-state index < -0.39 is 5.91 Å². The van der Waals surface area contributed by atoms with Gasteiger partial charge in [-0.1, -0.05) is 6.07 Å². The van der Waals surface area contributed by atoms with Crippen molar-refractivity contribution >= 4 is 28.9 Å². The van der Waals surface area contributed by atoms with Gasteiger partial charge in [-0.25, -0.2) is 9.97 Å². The summed E-state index contributed by atoms with van der Waals surface area (Å²) >= 11 is 0. The number of nitrogens with one attached hydrogen (secondary N) is 2. The zero-order valence-electron chi connectivity index (χ0n) is 21.7. The summed E-state index contributed by atoms with van der Waals surface area (Å²) < 4.78 is 5.77. The SMILES string of the molecule is CN1CCN(c2ccc(Nc3nc(NC4CCOCC45CC5)c(-c4ccccn4)nc3C(N)=O)cc2)CC1. The van der Waals surface area contributed by atoms with Gasteiger partial charge >= 0.3 is 0 Å². The average molecular weight is 515 g/mol. The van der Waals surface area contributed by atoms with Crippen LogP contribution in [0.15, 0.2) is 48.7 Å². The first-order valence-corrected chi connectivity index (χ1v) is 13.3. The number of anilines is 4. The molecule has 0 bridgehead atoms. The normalized spacial score (nSPS) is 20.8. The molecule has 2 aliphatic heterocycles. The molecule has 198 valence electrons. The monoisotopic (exact) mass is 514 g/mol. The summed E-state index contributed by atoms with van der Waals surface area (Å²) in [7, 11) is 2.15. The smallest absolute Gasteiger partial charge is 0.271 e. The molecule has 1 saturated carbocycles. The van der Waals surface area contributed by atoms with Crippen LogP contribution in [0.25, 0.3) is 11.4 Å². The van der Waals surface area contributed by atoms with Gasteiger partial charge in [-0.2, -0.15) is 0 Å². The summed E-state index contributed by atoms with van der Waals surface area (Å²) in [5.74, 6) is 0.259. The van der Waals surface area contributed by atoms with Crippen LogP contribution in [0.3, 0.4) is 0 Å². The maximum Gasteiger partial charge on any atom is 0.271 e. The molecule has 0 radical (unpaired) electrons. The number of piperazine rings is 1. The van der Waals surface area contributed by atoms with Gasteiger partial charge in [0.15, 0.2) is 17.3 Å². The highest BCUT2D eigenvalue weighted by Crippen LogP contribution is 2.52.